The van der Waals surface area contributed by atoms with E-state index in [1.54, 1.807) is 0 Å². The molecule has 0 aliphatic carbocycles. The molecular weight excluding hydrogens is 184 g/mol. The first-order valence-corrected chi connectivity index (χ1v) is 5.15. The minimum absolute atomic E-state index is 0.0463. The third-order valence-corrected chi connectivity index (χ3v) is 1.67. The summed E-state index contributed by atoms with van der Waals surface area (Å²) in [6.45, 7) is 4.17. The molecule has 0 unspecified atom stereocenters. The van der Waals surface area contributed by atoms with E-state index < -0.39 is 0 Å². The van der Waals surface area contributed by atoms with Crippen molar-refractivity contribution in [2.24, 2.45) is 0 Å². The Bertz CT molecular complexity index is 122. The first-order valence-electron chi connectivity index (χ1n) is 5.15. The number of aliphatic hydroxyl groups is 1. The molecule has 0 spiro atoms. The monoisotopic (exact) mass is 204 g/mol. The predicted octanol–water partition coefficient (Wildman–Crippen LogP) is 1.12. The average molecular weight is 204 g/mol. The lowest BCUT2D eigenvalue weighted by molar-refractivity contribution is -0.137. The molecule has 84 valence electrons. The maximum Gasteiger partial charge on any atom is 0.305 e. The zero-order chi connectivity index (χ0) is 10.6. The number of carbonyl (C=O) groups excluding carboxylic acids is 1. The highest BCUT2D eigenvalue weighted by Crippen LogP contribution is 2.01. The lowest BCUT2D eigenvalue weighted by Crippen LogP contribution is -1.99. The highest BCUT2D eigenvalue weighted by molar-refractivity contribution is 5.70. The quantitative estimate of drug-likeness (QED) is 0.538. The highest BCUT2D eigenvalue weighted by Gasteiger charge is 2.08. The number of rotatable bonds is 5. The smallest absolute Gasteiger partial charge is 0.305 e. The van der Waals surface area contributed by atoms with Crippen LogP contribution >= 0.6 is 0 Å². The summed E-state index contributed by atoms with van der Waals surface area (Å²) in [5, 5.41) is 8.24. The molecule has 0 aromatic heterocycles. The third-order valence-electron chi connectivity index (χ3n) is 1.67. The Morgan fingerprint density at radius 1 is 1.50 bits per heavy atom. The zero-order valence-electron chi connectivity index (χ0n) is 8.83. The number of ether oxygens (including phenoxy) is 2. The summed E-state index contributed by atoms with van der Waals surface area (Å²) in [7, 11) is 0. The minimum Gasteiger partial charge on any atom is -0.466 e. The van der Waals surface area contributed by atoms with Crippen LogP contribution in [0.3, 0.4) is 0 Å². The third kappa shape index (κ3) is 9.48. The van der Waals surface area contributed by atoms with Gasteiger partial charge in [0.1, 0.15) is 0 Å². The number of hydrogen-bond donors (Lipinski definition) is 1. The predicted molar refractivity (Wildman–Crippen MR) is 53.0 cm³/mol. The fourth-order valence-electron chi connectivity index (χ4n) is 0.888. The van der Waals surface area contributed by atoms with E-state index in [0.29, 0.717) is 19.6 Å². The van der Waals surface area contributed by atoms with Gasteiger partial charge in [-0.1, -0.05) is 13.3 Å². The lowest BCUT2D eigenvalue weighted by atomic mass is 10.4. The molecule has 4 heteroatoms. The number of cyclic esters (lactones) is 1. The average Bonchev–Trinajstić information content (AvgIpc) is 2.65. The lowest BCUT2D eigenvalue weighted by Gasteiger charge is -1.97. The second kappa shape index (κ2) is 10.5. The first-order chi connectivity index (χ1) is 6.81. The molecular formula is C10H20O4. The van der Waals surface area contributed by atoms with Gasteiger partial charge in [0.25, 0.3) is 0 Å². The van der Waals surface area contributed by atoms with Crippen molar-refractivity contribution in [3.63, 3.8) is 0 Å². The normalized spacial score (nSPS) is 14.6. The zero-order valence-corrected chi connectivity index (χ0v) is 8.83. The van der Waals surface area contributed by atoms with Gasteiger partial charge in [0.15, 0.2) is 0 Å². The van der Waals surface area contributed by atoms with Crippen molar-refractivity contribution in [1.82, 2.24) is 0 Å². The molecule has 1 heterocycles. The van der Waals surface area contributed by atoms with Gasteiger partial charge in [0.2, 0.25) is 0 Å². The molecule has 4 nitrogen and oxygen atoms in total. The van der Waals surface area contributed by atoms with Crippen LogP contribution in [-0.2, 0) is 14.3 Å². The summed E-state index contributed by atoms with van der Waals surface area (Å²) in [4.78, 5) is 10.0. The van der Waals surface area contributed by atoms with E-state index in [1.807, 2.05) is 0 Å². The van der Waals surface area contributed by atoms with Crippen molar-refractivity contribution in [1.29, 1.82) is 0 Å². The van der Waals surface area contributed by atoms with Crippen molar-refractivity contribution in [2.75, 3.05) is 26.4 Å². The summed E-state index contributed by atoms with van der Waals surface area (Å²) in [5.74, 6) is -0.0463. The molecule has 14 heavy (non-hydrogen) atoms. The van der Waals surface area contributed by atoms with Gasteiger partial charge in [0, 0.05) is 13.0 Å². The molecule has 1 rings (SSSR count). The van der Waals surface area contributed by atoms with Crippen LogP contribution < -0.4 is 0 Å². The second-order valence-corrected chi connectivity index (χ2v) is 3.01. The van der Waals surface area contributed by atoms with Crippen molar-refractivity contribution >= 4 is 5.97 Å². The van der Waals surface area contributed by atoms with Crippen LogP contribution in [0, 0.1) is 0 Å². The molecule has 1 aliphatic rings. The second-order valence-electron chi connectivity index (χ2n) is 3.01. The fraction of sp³-hybridized carbons (Fsp3) is 0.900. The summed E-state index contributed by atoms with van der Waals surface area (Å²) in [5.41, 5.74) is 0. The summed E-state index contributed by atoms with van der Waals surface area (Å²) in [6, 6.07) is 0. The van der Waals surface area contributed by atoms with E-state index in [9.17, 15) is 4.79 Å². The molecule has 0 bridgehead atoms. The Labute approximate surface area is 85.2 Å². The van der Waals surface area contributed by atoms with Gasteiger partial charge in [-0.2, -0.15) is 0 Å². The van der Waals surface area contributed by atoms with E-state index in [2.05, 4.69) is 11.7 Å². The van der Waals surface area contributed by atoms with Crippen molar-refractivity contribution in [3.8, 4) is 0 Å². The number of unbranched alkanes of at least 4 members (excludes halogenated alkanes) is 1. The van der Waals surface area contributed by atoms with Gasteiger partial charge in [0.05, 0.1) is 19.8 Å². The van der Waals surface area contributed by atoms with Crippen molar-refractivity contribution in [3.05, 3.63) is 0 Å². The van der Waals surface area contributed by atoms with Crippen LogP contribution in [0.5, 0.6) is 0 Å². The molecule has 1 saturated heterocycles. The Hall–Kier alpha value is -0.610. The van der Waals surface area contributed by atoms with Crippen molar-refractivity contribution in [2.45, 2.75) is 32.6 Å². The maximum atomic E-state index is 10.0. The molecule has 1 N–H and O–H groups in total. The Balaban J connectivity index is 0.000000249. The molecule has 0 aromatic rings. The molecule has 0 aromatic carbocycles. The SMILES string of the molecule is CCCCOCCO.O=C1CCCO1. The molecule has 1 aliphatic heterocycles. The van der Waals surface area contributed by atoms with E-state index in [1.165, 1.54) is 0 Å². The summed E-state index contributed by atoms with van der Waals surface area (Å²) in [6.07, 6.45) is 3.80. The van der Waals surface area contributed by atoms with Gasteiger partial charge in [-0.25, -0.2) is 0 Å². The Morgan fingerprint density at radius 3 is 2.64 bits per heavy atom. The number of esters is 1. The van der Waals surface area contributed by atoms with Gasteiger partial charge < -0.3 is 14.6 Å². The molecule has 0 atom stereocenters. The van der Waals surface area contributed by atoms with Gasteiger partial charge >= 0.3 is 5.97 Å². The number of aliphatic hydroxyl groups excluding tert-OH is 1. The van der Waals surface area contributed by atoms with Crippen LogP contribution in [0.2, 0.25) is 0 Å². The van der Waals surface area contributed by atoms with Crippen LogP contribution in [-0.4, -0.2) is 37.5 Å². The van der Waals surface area contributed by atoms with E-state index in [4.69, 9.17) is 9.84 Å². The maximum absolute atomic E-state index is 10.0. The molecule has 0 radical (unpaired) electrons. The molecule has 1 fully saturated rings. The van der Waals surface area contributed by atoms with Crippen LogP contribution in [0.25, 0.3) is 0 Å². The molecule has 0 amide bonds. The van der Waals surface area contributed by atoms with E-state index in [-0.39, 0.29) is 12.6 Å². The van der Waals surface area contributed by atoms with Crippen LogP contribution in [0.4, 0.5) is 0 Å². The van der Waals surface area contributed by atoms with Crippen LogP contribution in [0.15, 0.2) is 0 Å². The summed E-state index contributed by atoms with van der Waals surface area (Å²) < 4.78 is 9.49. The highest BCUT2D eigenvalue weighted by atomic mass is 16.5. The van der Waals surface area contributed by atoms with Gasteiger partial charge in [-0.05, 0) is 12.8 Å². The standard InChI is InChI=1S/C6H14O2.C4H6O2/c1-2-3-5-8-6-4-7;5-4-2-1-3-6-4/h7H,2-6H2,1H3;1-3H2. The minimum atomic E-state index is -0.0463. The fourth-order valence-corrected chi connectivity index (χ4v) is 0.888. The summed E-state index contributed by atoms with van der Waals surface area (Å²) >= 11 is 0. The Kier molecular flexibility index (Phi) is 10.0. The van der Waals surface area contributed by atoms with Crippen LogP contribution in [0.1, 0.15) is 32.6 Å². The topological polar surface area (TPSA) is 55.8 Å². The van der Waals surface area contributed by atoms with Gasteiger partial charge in [-0.15, -0.1) is 0 Å². The van der Waals surface area contributed by atoms with Gasteiger partial charge in [-0.3, -0.25) is 4.79 Å². The van der Waals surface area contributed by atoms with Crippen molar-refractivity contribution < 1.29 is 19.4 Å². The molecule has 0 saturated carbocycles. The largest absolute Gasteiger partial charge is 0.466 e. The number of carbonyl (C=O) groups is 1. The van der Waals surface area contributed by atoms with E-state index in [0.717, 1.165) is 25.9 Å². The Morgan fingerprint density at radius 2 is 2.29 bits per heavy atom. The van der Waals surface area contributed by atoms with E-state index >= 15 is 0 Å². The number of hydrogen-bond acceptors (Lipinski definition) is 4. The first kappa shape index (κ1) is 13.4.